The summed E-state index contributed by atoms with van der Waals surface area (Å²) in [6, 6.07) is 14.4. The number of halogens is 1. The fraction of sp³-hybridized carbons (Fsp3) is 0.118. The van der Waals surface area contributed by atoms with Crippen LogP contribution in [0.15, 0.2) is 64.3 Å². The monoisotopic (exact) mass is 393 g/mol. The molecule has 25 heavy (non-hydrogen) atoms. The van der Waals surface area contributed by atoms with Crippen molar-refractivity contribution >= 4 is 44.5 Å². The van der Waals surface area contributed by atoms with E-state index >= 15 is 0 Å². The average molecular weight is 394 g/mol. The van der Waals surface area contributed by atoms with E-state index < -0.39 is 10.0 Å². The molecule has 0 bridgehead atoms. The van der Waals surface area contributed by atoms with Gasteiger partial charge in [-0.25, -0.2) is 13.4 Å². The van der Waals surface area contributed by atoms with Crippen LogP contribution in [0.2, 0.25) is 5.02 Å². The summed E-state index contributed by atoms with van der Waals surface area (Å²) >= 11 is 7.12. The summed E-state index contributed by atoms with van der Waals surface area (Å²) < 4.78 is 27.0. The van der Waals surface area contributed by atoms with Gasteiger partial charge < -0.3 is 5.32 Å². The van der Waals surface area contributed by atoms with Gasteiger partial charge in [-0.3, -0.25) is 4.72 Å². The second-order valence-corrected chi connectivity index (χ2v) is 8.57. The third-order valence-corrected chi connectivity index (χ3v) is 6.38. The molecule has 0 aliphatic carbocycles. The van der Waals surface area contributed by atoms with Crippen molar-refractivity contribution in [3.63, 3.8) is 0 Å². The van der Waals surface area contributed by atoms with E-state index in [0.717, 1.165) is 40.6 Å². The van der Waals surface area contributed by atoms with Crippen LogP contribution in [-0.4, -0.2) is 19.9 Å². The van der Waals surface area contributed by atoms with Gasteiger partial charge in [0.2, 0.25) is 0 Å². The van der Waals surface area contributed by atoms with Gasteiger partial charge in [-0.05, 0) is 47.7 Å². The number of sulfonamides is 1. The van der Waals surface area contributed by atoms with E-state index in [2.05, 4.69) is 15.0 Å². The van der Waals surface area contributed by atoms with Crippen molar-refractivity contribution < 1.29 is 8.42 Å². The highest BCUT2D eigenvalue weighted by atomic mass is 35.5. The lowest BCUT2D eigenvalue weighted by atomic mass is 10.1. The molecular formula is C17H16ClN3O2S2. The number of nitrogens with one attached hydrogen (secondary N) is 2. The summed E-state index contributed by atoms with van der Waals surface area (Å²) in [7, 11) is -3.57. The van der Waals surface area contributed by atoms with Gasteiger partial charge in [0, 0.05) is 11.6 Å². The molecule has 2 N–H and O–H groups in total. The molecule has 0 saturated carbocycles. The van der Waals surface area contributed by atoms with Crippen LogP contribution in [0.4, 0.5) is 11.5 Å². The lowest BCUT2D eigenvalue weighted by molar-refractivity contribution is 0.603. The van der Waals surface area contributed by atoms with Gasteiger partial charge in [-0.1, -0.05) is 29.8 Å². The van der Waals surface area contributed by atoms with Gasteiger partial charge in [0.1, 0.15) is 10.0 Å². The molecule has 0 aliphatic heterocycles. The molecule has 3 aromatic rings. The van der Waals surface area contributed by atoms with Crippen LogP contribution in [0.1, 0.15) is 5.56 Å². The molecule has 0 saturated heterocycles. The number of hydrogen-bond acceptors (Lipinski definition) is 5. The van der Waals surface area contributed by atoms with Crippen LogP contribution < -0.4 is 10.0 Å². The summed E-state index contributed by atoms with van der Waals surface area (Å²) in [6.45, 7) is 0.724. The molecule has 0 radical (unpaired) electrons. The van der Waals surface area contributed by atoms with Crippen LogP contribution >= 0.6 is 22.9 Å². The van der Waals surface area contributed by atoms with Gasteiger partial charge in [-0.15, -0.1) is 11.3 Å². The maximum atomic E-state index is 12.1. The van der Waals surface area contributed by atoms with Gasteiger partial charge in [0.15, 0.2) is 0 Å². The highest BCUT2D eigenvalue weighted by Crippen LogP contribution is 2.20. The largest absolute Gasteiger partial charge is 0.383 e. The molecule has 0 unspecified atom stereocenters. The molecule has 0 fully saturated rings. The predicted octanol–water partition coefficient (Wildman–Crippen LogP) is 4.25. The van der Waals surface area contributed by atoms with Crippen molar-refractivity contribution in [2.75, 3.05) is 16.6 Å². The number of pyridine rings is 1. The molecule has 0 amide bonds. The maximum Gasteiger partial charge on any atom is 0.272 e. The molecule has 2 heterocycles. The minimum Gasteiger partial charge on any atom is -0.383 e. The first-order valence-corrected chi connectivity index (χ1v) is 10.3. The van der Waals surface area contributed by atoms with Crippen LogP contribution in [0.3, 0.4) is 0 Å². The summed E-state index contributed by atoms with van der Waals surface area (Å²) in [5, 5.41) is 5.69. The Kier molecular flexibility index (Phi) is 5.57. The number of rotatable bonds is 7. The number of anilines is 2. The van der Waals surface area contributed by atoms with E-state index in [1.165, 1.54) is 0 Å². The molecular weight excluding hydrogens is 378 g/mol. The molecule has 8 heteroatoms. The highest BCUT2D eigenvalue weighted by Gasteiger charge is 2.15. The zero-order chi connectivity index (χ0) is 17.7. The minimum absolute atomic E-state index is 0.262. The standard InChI is InChI=1S/C17H16ClN3O2S2/c18-14-4-1-3-13(11-14)8-9-19-15-6-7-16(20-12-15)21-25(22,23)17-5-2-10-24-17/h1-7,10-12,19H,8-9H2,(H,20,21). The van der Waals surface area contributed by atoms with E-state index in [4.69, 9.17) is 11.6 Å². The molecule has 0 aliphatic rings. The summed E-state index contributed by atoms with van der Waals surface area (Å²) in [4.78, 5) is 4.14. The SMILES string of the molecule is O=S(=O)(Nc1ccc(NCCc2cccc(Cl)c2)cn1)c1cccs1. The first kappa shape index (κ1) is 17.7. The van der Waals surface area contributed by atoms with Gasteiger partial charge in [-0.2, -0.15) is 0 Å². The fourth-order valence-electron chi connectivity index (χ4n) is 2.21. The molecule has 5 nitrogen and oxygen atoms in total. The third kappa shape index (κ3) is 4.94. The number of benzene rings is 1. The molecule has 3 rings (SSSR count). The van der Waals surface area contributed by atoms with Crippen LogP contribution in [0, 0.1) is 0 Å². The predicted molar refractivity (Wildman–Crippen MR) is 103 cm³/mol. The summed E-state index contributed by atoms with van der Waals surface area (Å²) in [5.74, 6) is 0.286. The molecule has 2 aromatic heterocycles. The van der Waals surface area contributed by atoms with E-state index in [-0.39, 0.29) is 10.0 Å². The number of aromatic nitrogens is 1. The van der Waals surface area contributed by atoms with E-state index in [0.29, 0.717) is 0 Å². The van der Waals surface area contributed by atoms with Crippen LogP contribution in [0.25, 0.3) is 0 Å². The Bertz CT molecular complexity index is 927. The Balaban J connectivity index is 1.55. The van der Waals surface area contributed by atoms with Crippen LogP contribution in [-0.2, 0) is 16.4 Å². The lowest BCUT2D eigenvalue weighted by Gasteiger charge is -2.08. The van der Waals surface area contributed by atoms with Crippen molar-refractivity contribution in [3.05, 3.63) is 70.7 Å². The van der Waals surface area contributed by atoms with Crippen molar-refractivity contribution in [2.24, 2.45) is 0 Å². The Morgan fingerprint density at radius 1 is 1.12 bits per heavy atom. The topological polar surface area (TPSA) is 71.1 Å². The normalized spacial score (nSPS) is 11.2. The van der Waals surface area contributed by atoms with E-state index in [9.17, 15) is 8.42 Å². The molecule has 1 aromatic carbocycles. The van der Waals surface area contributed by atoms with Crippen molar-refractivity contribution in [2.45, 2.75) is 10.6 Å². The second-order valence-electron chi connectivity index (χ2n) is 5.28. The van der Waals surface area contributed by atoms with Gasteiger partial charge in [0.25, 0.3) is 10.0 Å². The zero-order valence-corrected chi connectivity index (χ0v) is 15.5. The van der Waals surface area contributed by atoms with Crippen molar-refractivity contribution in [3.8, 4) is 0 Å². The Morgan fingerprint density at radius 2 is 2.00 bits per heavy atom. The van der Waals surface area contributed by atoms with Gasteiger partial charge >= 0.3 is 0 Å². The zero-order valence-electron chi connectivity index (χ0n) is 13.1. The quantitative estimate of drug-likeness (QED) is 0.629. The first-order chi connectivity index (χ1) is 12.0. The third-order valence-electron chi connectivity index (χ3n) is 3.39. The Labute approximate surface area is 155 Å². The number of nitrogens with zero attached hydrogens (tertiary/aromatic N) is 1. The van der Waals surface area contributed by atoms with E-state index in [1.807, 2.05) is 24.3 Å². The summed E-state index contributed by atoms with van der Waals surface area (Å²) in [6.07, 6.45) is 2.43. The van der Waals surface area contributed by atoms with Gasteiger partial charge in [0.05, 0.1) is 11.9 Å². The van der Waals surface area contributed by atoms with Crippen LogP contribution in [0.5, 0.6) is 0 Å². The number of hydrogen-bond donors (Lipinski definition) is 2. The van der Waals surface area contributed by atoms with E-state index in [1.54, 1.807) is 35.8 Å². The Hall–Kier alpha value is -2.09. The average Bonchev–Trinajstić information content (AvgIpc) is 3.12. The minimum atomic E-state index is -3.57. The smallest absolute Gasteiger partial charge is 0.272 e. The molecule has 130 valence electrons. The fourth-order valence-corrected chi connectivity index (χ4v) is 4.42. The maximum absolute atomic E-state index is 12.1. The van der Waals surface area contributed by atoms with Crippen molar-refractivity contribution in [1.82, 2.24) is 4.98 Å². The first-order valence-electron chi connectivity index (χ1n) is 7.54. The molecule has 0 atom stereocenters. The summed E-state index contributed by atoms with van der Waals surface area (Å²) in [5.41, 5.74) is 1.97. The molecule has 0 spiro atoms. The highest BCUT2D eigenvalue weighted by molar-refractivity contribution is 7.94. The lowest BCUT2D eigenvalue weighted by Crippen LogP contribution is -2.12. The second kappa shape index (κ2) is 7.86. The Morgan fingerprint density at radius 3 is 2.68 bits per heavy atom. The van der Waals surface area contributed by atoms with Crippen molar-refractivity contribution in [1.29, 1.82) is 0 Å². The number of thiophene rings is 1.